The molecule has 1 amide bonds. The van der Waals surface area contributed by atoms with Crippen molar-refractivity contribution in [1.82, 2.24) is 9.78 Å². The Labute approximate surface area is 153 Å². The number of carbonyl (C=O) groups is 1. The Balaban J connectivity index is 1.75. The number of carbonyl (C=O) groups excluding carboxylic acids is 1. The van der Waals surface area contributed by atoms with Crippen LogP contribution in [-0.2, 0) is 6.54 Å². The normalized spacial score (nSPS) is 10.9. The largest absolute Gasteiger partial charge is 0.454 e. The summed E-state index contributed by atoms with van der Waals surface area (Å²) < 4.78 is 22.1. The molecule has 0 saturated heterocycles. The van der Waals surface area contributed by atoms with Gasteiger partial charge in [0.25, 0.3) is 5.91 Å². The molecule has 1 N–H and O–H groups in total. The number of furan rings is 1. The molecular weight excluding hydrogens is 389 g/mol. The molecule has 130 valence electrons. The summed E-state index contributed by atoms with van der Waals surface area (Å²) in [5.74, 6) is -0.270. The van der Waals surface area contributed by atoms with Gasteiger partial charge in [0.05, 0.1) is 28.1 Å². The van der Waals surface area contributed by atoms with E-state index in [2.05, 4.69) is 26.3 Å². The van der Waals surface area contributed by atoms with Gasteiger partial charge in [0.1, 0.15) is 11.6 Å². The predicted octanol–water partition coefficient (Wildman–Crippen LogP) is 4.60. The smallest absolute Gasteiger partial charge is 0.291 e. The van der Waals surface area contributed by atoms with Gasteiger partial charge >= 0.3 is 0 Å². The molecule has 0 spiro atoms. The number of benzene rings is 1. The molecule has 0 saturated carbocycles. The topological polar surface area (TPSA) is 60.1 Å². The zero-order valence-electron chi connectivity index (χ0n) is 14.1. The highest BCUT2D eigenvalue weighted by atomic mass is 79.9. The summed E-state index contributed by atoms with van der Waals surface area (Å²) in [5.41, 5.74) is 2.84. The van der Waals surface area contributed by atoms with Crippen LogP contribution in [0.3, 0.4) is 0 Å². The van der Waals surface area contributed by atoms with Crippen LogP contribution < -0.4 is 5.32 Å². The second kappa shape index (κ2) is 6.84. The van der Waals surface area contributed by atoms with Crippen LogP contribution in [0.4, 0.5) is 10.1 Å². The molecule has 3 aromatic rings. The number of hydrogen-bond acceptors (Lipinski definition) is 3. The summed E-state index contributed by atoms with van der Waals surface area (Å²) in [4.78, 5) is 12.3. The van der Waals surface area contributed by atoms with E-state index in [0.717, 1.165) is 21.4 Å². The highest BCUT2D eigenvalue weighted by molar-refractivity contribution is 9.10. The first-order valence-corrected chi connectivity index (χ1v) is 8.50. The number of anilines is 1. The number of halogens is 2. The molecule has 2 aromatic heterocycles. The quantitative estimate of drug-likeness (QED) is 0.689. The van der Waals surface area contributed by atoms with Gasteiger partial charge in [-0.2, -0.15) is 5.10 Å². The highest BCUT2D eigenvalue weighted by Gasteiger charge is 2.15. The number of aromatic nitrogens is 2. The highest BCUT2D eigenvalue weighted by Crippen LogP contribution is 2.22. The summed E-state index contributed by atoms with van der Waals surface area (Å²) in [5, 5.41) is 6.94. The van der Waals surface area contributed by atoms with Crippen molar-refractivity contribution >= 4 is 27.5 Å². The number of aryl methyl sites for hydroxylation is 2. The van der Waals surface area contributed by atoms with Gasteiger partial charge in [-0.3, -0.25) is 9.48 Å². The monoisotopic (exact) mass is 405 g/mol. The number of amides is 1. The lowest BCUT2D eigenvalue weighted by Crippen LogP contribution is -2.12. The third-order valence-electron chi connectivity index (χ3n) is 3.85. The third kappa shape index (κ3) is 3.66. The SMILES string of the molecule is Cc1ccc(F)c(NC(=O)c2ccc(Cn3nc(C)c(Br)c3C)o2)c1. The summed E-state index contributed by atoms with van der Waals surface area (Å²) in [7, 11) is 0. The fourth-order valence-corrected chi connectivity index (χ4v) is 2.76. The molecule has 0 atom stereocenters. The molecule has 0 aliphatic heterocycles. The molecule has 0 bridgehead atoms. The van der Waals surface area contributed by atoms with Crippen molar-refractivity contribution in [3.63, 3.8) is 0 Å². The third-order valence-corrected chi connectivity index (χ3v) is 5.00. The maximum Gasteiger partial charge on any atom is 0.291 e. The van der Waals surface area contributed by atoms with Crippen LogP contribution in [0, 0.1) is 26.6 Å². The Morgan fingerprint density at radius 1 is 1.28 bits per heavy atom. The van der Waals surface area contributed by atoms with Crippen LogP contribution in [0.5, 0.6) is 0 Å². The van der Waals surface area contributed by atoms with Crippen LogP contribution in [0.2, 0.25) is 0 Å². The standard InChI is InChI=1S/C18H17BrFN3O2/c1-10-4-6-14(20)15(8-10)21-18(24)16-7-5-13(25-16)9-23-12(3)17(19)11(2)22-23/h4-8H,9H2,1-3H3,(H,21,24). The first-order valence-electron chi connectivity index (χ1n) is 7.71. The molecule has 5 nitrogen and oxygen atoms in total. The number of nitrogens with one attached hydrogen (secondary N) is 1. The fraction of sp³-hybridized carbons (Fsp3) is 0.222. The van der Waals surface area contributed by atoms with Crippen molar-refractivity contribution in [3.05, 3.63) is 69.1 Å². The van der Waals surface area contributed by atoms with Crippen molar-refractivity contribution in [2.24, 2.45) is 0 Å². The molecule has 25 heavy (non-hydrogen) atoms. The number of hydrogen-bond donors (Lipinski definition) is 1. The van der Waals surface area contributed by atoms with Crippen LogP contribution in [0.25, 0.3) is 0 Å². The first kappa shape index (κ1) is 17.4. The molecule has 0 fully saturated rings. The maximum absolute atomic E-state index is 13.8. The zero-order valence-corrected chi connectivity index (χ0v) is 15.6. The Morgan fingerprint density at radius 2 is 2.04 bits per heavy atom. The Kier molecular flexibility index (Phi) is 4.76. The lowest BCUT2D eigenvalue weighted by Gasteiger charge is -2.06. The molecule has 7 heteroatoms. The molecular formula is C18H17BrFN3O2. The summed E-state index contributed by atoms with van der Waals surface area (Å²) in [6, 6.07) is 7.82. The second-order valence-corrected chi connectivity index (χ2v) is 6.64. The second-order valence-electron chi connectivity index (χ2n) is 5.85. The number of nitrogens with zero attached hydrogens (tertiary/aromatic N) is 2. The van der Waals surface area contributed by atoms with Crippen molar-refractivity contribution < 1.29 is 13.6 Å². The van der Waals surface area contributed by atoms with Gasteiger partial charge < -0.3 is 9.73 Å². The molecule has 2 heterocycles. The molecule has 0 radical (unpaired) electrons. The predicted molar refractivity (Wildman–Crippen MR) is 96.3 cm³/mol. The van der Waals surface area contributed by atoms with Gasteiger partial charge in [-0.1, -0.05) is 6.07 Å². The van der Waals surface area contributed by atoms with Crippen LogP contribution in [0.1, 0.15) is 33.3 Å². The van der Waals surface area contributed by atoms with Crippen molar-refractivity contribution in [3.8, 4) is 0 Å². The average molecular weight is 406 g/mol. The van der Waals surface area contributed by atoms with Crippen molar-refractivity contribution in [2.75, 3.05) is 5.32 Å². The Bertz CT molecular complexity index is 946. The van der Waals surface area contributed by atoms with E-state index in [0.29, 0.717) is 12.3 Å². The van der Waals surface area contributed by atoms with E-state index in [4.69, 9.17) is 4.42 Å². The van der Waals surface area contributed by atoms with E-state index in [9.17, 15) is 9.18 Å². The van der Waals surface area contributed by atoms with E-state index >= 15 is 0 Å². The van der Waals surface area contributed by atoms with Gasteiger partial charge in [-0.15, -0.1) is 0 Å². The first-order chi connectivity index (χ1) is 11.8. The van der Waals surface area contributed by atoms with E-state index in [1.54, 1.807) is 28.9 Å². The van der Waals surface area contributed by atoms with Gasteiger partial charge in [-0.25, -0.2) is 4.39 Å². The van der Waals surface area contributed by atoms with Crippen LogP contribution >= 0.6 is 15.9 Å². The fourth-order valence-electron chi connectivity index (χ4n) is 2.48. The Morgan fingerprint density at radius 3 is 2.72 bits per heavy atom. The molecule has 0 aliphatic carbocycles. The summed E-state index contributed by atoms with van der Waals surface area (Å²) in [6.07, 6.45) is 0. The minimum Gasteiger partial charge on any atom is -0.454 e. The van der Waals surface area contributed by atoms with E-state index < -0.39 is 11.7 Å². The van der Waals surface area contributed by atoms with Gasteiger partial charge in [0, 0.05) is 0 Å². The maximum atomic E-state index is 13.8. The van der Waals surface area contributed by atoms with Gasteiger partial charge in [0.15, 0.2) is 5.76 Å². The van der Waals surface area contributed by atoms with Crippen molar-refractivity contribution in [2.45, 2.75) is 27.3 Å². The molecule has 0 unspecified atom stereocenters. The molecule has 0 aliphatic rings. The van der Waals surface area contributed by atoms with Crippen LogP contribution in [-0.4, -0.2) is 15.7 Å². The van der Waals surface area contributed by atoms with Gasteiger partial charge in [-0.05, 0) is 66.5 Å². The van der Waals surface area contributed by atoms with Crippen molar-refractivity contribution in [1.29, 1.82) is 0 Å². The number of rotatable bonds is 4. The molecule has 1 aromatic carbocycles. The minimum atomic E-state index is -0.495. The lowest BCUT2D eigenvalue weighted by molar-refractivity contribution is 0.0994. The zero-order chi connectivity index (χ0) is 18.1. The lowest BCUT2D eigenvalue weighted by atomic mass is 10.2. The summed E-state index contributed by atoms with van der Waals surface area (Å²) >= 11 is 3.48. The molecule has 3 rings (SSSR count). The Hall–Kier alpha value is -2.41. The van der Waals surface area contributed by atoms with Gasteiger partial charge in [0.2, 0.25) is 0 Å². The van der Waals surface area contributed by atoms with E-state index in [-0.39, 0.29) is 11.4 Å². The summed E-state index contributed by atoms with van der Waals surface area (Å²) in [6.45, 7) is 6.09. The van der Waals surface area contributed by atoms with E-state index in [1.807, 2.05) is 20.8 Å². The minimum absolute atomic E-state index is 0.122. The van der Waals surface area contributed by atoms with Crippen LogP contribution in [0.15, 0.2) is 39.2 Å². The van der Waals surface area contributed by atoms with E-state index in [1.165, 1.54) is 6.07 Å². The average Bonchev–Trinajstić information content (AvgIpc) is 3.13.